The smallest absolute Gasteiger partial charge is 0.00151 e. The molecule has 2 aliphatic carbocycles. The van der Waals surface area contributed by atoms with Crippen molar-refractivity contribution in [3.8, 4) is 0 Å². The van der Waals surface area contributed by atoms with E-state index in [1.165, 1.54) is 19.3 Å². The summed E-state index contributed by atoms with van der Waals surface area (Å²) in [4.78, 5) is 0. The standard InChI is InChI=1S/C23H28.7C2H6/c1-4-17-9-5-7-11-21(17)19-13-16(2)23(3)20(15-19)14-18-10-6-8-12-22(18)23;7*1-2/h5-12,16,19-20H,4,13-15H2,1-3H3;7*1-2H3/t16-,19?,20+,23+;;;;;;;/m0......./s1. The summed E-state index contributed by atoms with van der Waals surface area (Å²) < 4.78 is 0. The molecular weight excluding hydrogens is 444 g/mol. The van der Waals surface area contributed by atoms with Gasteiger partial charge in [-0.25, -0.2) is 0 Å². The quantitative estimate of drug-likeness (QED) is 0.374. The molecular formula is C37H70. The van der Waals surface area contributed by atoms with Crippen LogP contribution in [0.15, 0.2) is 48.5 Å². The van der Waals surface area contributed by atoms with Gasteiger partial charge < -0.3 is 0 Å². The average molecular weight is 515 g/mol. The van der Waals surface area contributed by atoms with E-state index in [2.05, 4.69) is 69.3 Å². The van der Waals surface area contributed by atoms with Crippen LogP contribution in [0, 0.1) is 11.8 Å². The Kier molecular flexibility index (Phi) is 31.6. The van der Waals surface area contributed by atoms with Crippen molar-refractivity contribution in [2.45, 2.75) is 155 Å². The summed E-state index contributed by atoms with van der Waals surface area (Å²) in [5, 5.41) is 0. The minimum Gasteiger partial charge on any atom is -0.0683 e. The van der Waals surface area contributed by atoms with Crippen LogP contribution in [0.2, 0.25) is 0 Å². The average Bonchev–Trinajstić information content (AvgIpc) is 3.33. The van der Waals surface area contributed by atoms with E-state index in [-0.39, 0.29) is 0 Å². The van der Waals surface area contributed by atoms with Crippen molar-refractivity contribution in [1.82, 2.24) is 0 Å². The maximum Gasteiger partial charge on any atom is -0.00151 e. The largest absolute Gasteiger partial charge is 0.0683 e. The van der Waals surface area contributed by atoms with E-state index in [1.54, 1.807) is 22.3 Å². The molecule has 218 valence electrons. The molecule has 0 heterocycles. The first-order chi connectivity index (χ1) is 18.1. The van der Waals surface area contributed by atoms with Gasteiger partial charge in [0.1, 0.15) is 0 Å². The van der Waals surface area contributed by atoms with Crippen molar-refractivity contribution < 1.29 is 0 Å². The summed E-state index contributed by atoms with van der Waals surface area (Å²) in [7, 11) is 0. The van der Waals surface area contributed by atoms with Gasteiger partial charge in [0, 0.05) is 0 Å². The molecule has 0 saturated heterocycles. The van der Waals surface area contributed by atoms with Crippen molar-refractivity contribution in [3.63, 3.8) is 0 Å². The molecule has 0 bridgehead atoms. The number of fused-ring (bicyclic) bond motifs is 3. The van der Waals surface area contributed by atoms with Crippen molar-refractivity contribution in [1.29, 1.82) is 0 Å². The molecule has 0 heteroatoms. The van der Waals surface area contributed by atoms with Gasteiger partial charge in [-0.3, -0.25) is 0 Å². The Hall–Kier alpha value is -1.56. The first kappa shape index (κ1) is 42.5. The lowest BCUT2D eigenvalue weighted by Gasteiger charge is -2.46. The second-order valence-corrected chi connectivity index (χ2v) is 7.96. The van der Waals surface area contributed by atoms with Gasteiger partial charge in [-0.05, 0) is 71.1 Å². The Morgan fingerprint density at radius 3 is 1.62 bits per heavy atom. The second-order valence-electron chi connectivity index (χ2n) is 7.96. The number of benzene rings is 2. The molecule has 0 radical (unpaired) electrons. The number of aryl methyl sites for hydroxylation is 1. The lowest BCUT2D eigenvalue weighted by atomic mass is 9.58. The molecule has 1 saturated carbocycles. The van der Waals surface area contributed by atoms with E-state index in [9.17, 15) is 0 Å². The molecule has 0 aromatic heterocycles. The third-order valence-corrected chi connectivity index (χ3v) is 7.02. The van der Waals surface area contributed by atoms with Gasteiger partial charge in [-0.1, -0.05) is 166 Å². The monoisotopic (exact) mass is 515 g/mol. The van der Waals surface area contributed by atoms with Gasteiger partial charge in [-0.15, -0.1) is 0 Å². The van der Waals surface area contributed by atoms with E-state index >= 15 is 0 Å². The first-order valence-corrected chi connectivity index (χ1v) is 16.3. The highest BCUT2D eigenvalue weighted by molar-refractivity contribution is 5.43. The summed E-state index contributed by atoms with van der Waals surface area (Å²) in [6.07, 6.45) is 5.12. The molecule has 2 aromatic carbocycles. The number of hydrogen-bond donors (Lipinski definition) is 0. The Labute approximate surface area is 237 Å². The highest BCUT2D eigenvalue weighted by atomic mass is 14.5. The molecule has 0 spiro atoms. The van der Waals surface area contributed by atoms with Crippen LogP contribution in [0.1, 0.15) is 159 Å². The van der Waals surface area contributed by atoms with E-state index in [0.717, 1.165) is 24.2 Å². The zero-order chi connectivity index (χ0) is 30.0. The zero-order valence-corrected chi connectivity index (χ0v) is 28.7. The van der Waals surface area contributed by atoms with E-state index < -0.39 is 0 Å². The van der Waals surface area contributed by atoms with Crippen molar-refractivity contribution in [2.75, 3.05) is 0 Å². The molecule has 0 aliphatic heterocycles. The molecule has 0 nitrogen and oxygen atoms in total. The lowest BCUT2D eigenvalue weighted by molar-refractivity contribution is 0.133. The van der Waals surface area contributed by atoms with Gasteiger partial charge >= 0.3 is 0 Å². The van der Waals surface area contributed by atoms with Crippen LogP contribution in [0.5, 0.6) is 0 Å². The van der Waals surface area contributed by atoms with Crippen LogP contribution < -0.4 is 0 Å². The zero-order valence-electron chi connectivity index (χ0n) is 28.7. The molecule has 37 heavy (non-hydrogen) atoms. The SMILES string of the molecule is CC.CC.CC.CC.CC.CC.CC.CCc1ccccc1C1C[C@H]2Cc3ccccc3[C@]2(C)[C@@H](C)C1. The molecule has 1 fully saturated rings. The van der Waals surface area contributed by atoms with Crippen LogP contribution in [0.3, 0.4) is 0 Å². The van der Waals surface area contributed by atoms with Crippen LogP contribution in [0.4, 0.5) is 0 Å². The van der Waals surface area contributed by atoms with Crippen molar-refractivity contribution in [3.05, 3.63) is 70.8 Å². The summed E-state index contributed by atoms with van der Waals surface area (Å²) in [6, 6.07) is 18.4. The molecule has 2 aliphatic rings. The Morgan fingerprint density at radius 2 is 1.11 bits per heavy atom. The predicted molar refractivity (Wildman–Crippen MR) is 177 cm³/mol. The van der Waals surface area contributed by atoms with Gasteiger partial charge in [0.05, 0.1) is 0 Å². The normalized spacial score (nSPS) is 21.3. The minimum absolute atomic E-state index is 0.383. The van der Waals surface area contributed by atoms with E-state index in [0.29, 0.717) is 5.41 Å². The van der Waals surface area contributed by atoms with Gasteiger partial charge in [0.15, 0.2) is 0 Å². The van der Waals surface area contributed by atoms with Crippen molar-refractivity contribution >= 4 is 0 Å². The summed E-state index contributed by atoms with van der Waals surface area (Å²) in [6.45, 7) is 35.3. The number of rotatable bonds is 2. The molecule has 4 atom stereocenters. The molecule has 0 N–H and O–H groups in total. The highest BCUT2D eigenvalue weighted by Gasteiger charge is 2.50. The summed E-state index contributed by atoms with van der Waals surface area (Å²) in [5.74, 6) is 2.30. The maximum atomic E-state index is 2.54. The first-order valence-electron chi connectivity index (χ1n) is 16.3. The predicted octanol–water partition coefficient (Wildman–Crippen LogP) is 13.1. The third kappa shape index (κ3) is 11.4. The van der Waals surface area contributed by atoms with Crippen molar-refractivity contribution in [2.24, 2.45) is 11.8 Å². The molecule has 1 unspecified atom stereocenters. The third-order valence-electron chi connectivity index (χ3n) is 7.02. The fourth-order valence-electron chi connectivity index (χ4n) is 5.54. The maximum absolute atomic E-state index is 2.54. The molecule has 0 amide bonds. The fourth-order valence-corrected chi connectivity index (χ4v) is 5.54. The van der Waals surface area contributed by atoms with Gasteiger partial charge in [-0.2, -0.15) is 0 Å². The van der Waals surface area contributed by atoms with Gasteiger partial charge in [0.25, 0.3) is 0 Å². The summed E-state index contributed by atoms with van der Waals surface area (Å²) in [5.41, 5.74) is 6.81. The van der Waals surface area contributed by atoms with E-state index in [4.69, 9.17) is 0 Å². The fraction of sp³-hybridized carbons (Fsp3) is 0.676. The Morgan fingerprint density at radius 1 is 0.649 bits per heavy atom. The Balaban J connectivity index is -0.000000339. The van der Waals surface area contributed by atoms with E-state index in [1.807, 2.05) is 96.9 Å². The molecule has 2 aromatic rings. The summed E-state index contributed by atoms with van der Waals surface area (Å²) >= 11 is 0. The lowest BCUT2D eigenvalue weighted by Crippen LogP contribution is -2.41. The Bertz CT molecular complexity index is 713. The van der Waals surface area contributed by atoms with Gasteiger partial charge in [0.2, 0.25) is 0 Å². The number of hydrogen-bond acceptors (Lipinski definition) is 0. The van der Waals surface area contributed by atoms with Crippen LogP contribution >= 0.6 is 0 Å². The highest BCUT2D eigenvalue weighted by Crippen LogP contribution is 2.57. The molecule has 4 rings (SSSR count). The van der Waals surface area contributed by atoms with Crippen LogP contribution in [-0.2, 0) is 18.3 Å². The second kappa shape index (κ2) is 27.5. The topological polar surface area (TPSA) is 0 Å². The minimum atomic E-state index is 0.383. The van der Waals surface area contributed by atoms with Crippen LogP contribution in [-0.4, -0.2) is 0 Å². The van der Waals surface area contributed by atoms with Crippen LogP contribution in [0.25, 0.3) is 0 Å².